The van der Waals surface area contributed by atoms with Crippen molar-refractivity contribution in [3.05, 3.63) is 36.2 Å². The van der Waals surface area contributed by atoms with E-state index in [0.717, 1.165) is 5.65 Å². The van der Waals surface area contributed by atoms with Crippen molar-refractivity contribution in [2.45, 2.75) is 19.4 Å². The van der Waals surface area contributed by atoms with Gasteiger partial charge in [-0.15, -0.1) is 0 Å². The Morgan fingerprint density at radius 1 is 1.19 bits per heavy atom. The fraction of sp³-hybridized carbons (Fsp3) is 0.385. The van der Waals surface area contributed by atoms with Crippen LogP contribution in [0.2, 0.25) is 0 Å². The number of hydrogen-bond acceptors (Lipinski definition) is 3. The molecule has 1 fully saturated rings. The Bertz CT molecular complexity index is 500. The molecule has 0 spiro atoms. The maximum atomic E-state index is 4.30. The van der Waals surface area contributed by atoms with E-state index in [1.54, 1.807) is 6.20 Å². The molecule has 0 unspecified atom stereocenters. The summed E-state index contributed by atoms with van der Waals surface area (Å²) in [5.41, 5.74) is 2.20. The maximum absolute atomic E-state index is 4.30. The van der Waals surface area contributed by atoms with Crippen molar-refractivity contribution in [3.8, 4) is 0 Å². The van der Waals surface area contributed by atoms with Crippen molar-refractivity contribution in [2.24, 2.45) is 0 Å². The predicted molar refractivity (Wildman–Crippen MR) is 64.1 cm³/mol. The third-order valence-corrected chi connectivity index (χ3v) is 3.44. The minimum absolute atomic E-state index is 0.475. The highest BCUT2D eigenvalue weighted by molar-refractivity contribution is 5.78. The Hall–Kier alpha value is -1.48. The first-order chi connectivity index (χ1) is 7.86. The quantitative estimate of drug-likeness (QED) is 0.767. The molecule has 2 aromatic heterocycles. The van der Waals surface area contributed by atoms with Gasteiger partial charge in [0.15, 0.2) is 5.65 Å². The summed E-state index contributed by atoms with van der Waals surface area (Å²) in [6, 6.07) is 6.69. The highest BCUT2D eigenvalue weighted by Crippen LogP contribution is 2.28. The van der Waals surface area contributed by atoms with Crippen LogP contribution in [0.15, 0.2) is 30.6 Å². The van der Waals surface area contributed by atoms with Crippen molar-refractivity contribution in [1.82, 2.24) is 14.9 Å². The molecule has 0 amide bonds. The van der Waals surface area contributed by atoms with Crippen LogP contribution in [0.5, 0.6) is 0 Å². The Morgan fingerprint density at radius 2 is 2.00 bits per heavy atom. The number of pyridine rings is 2. The molecule has 0 saturated carbocycles. The van der Waals surface area contributed by atoms with Crippen molar-refractivity contribution in [3.63, 3.8) is 0 Å². The van der Waals surface area contributed by atoms with Gasteiger partial charge in [0.2, 0.25) is 0 Å². The summed E-state index contributed by atoms with van der Waals surface area (Å²) in [7, 11) is 0. The molecular weight excluding hydrogens is 198 g/mol. The molecule has 1 atom stereocenters. The first kappa shape index (κ1) is 9.73. The molecular formula is C13H15N3. The topological polar surface area (TPSA) is 29.0 Å². The van der Waals surface area contributed by atoms with Gasteiger partial charge in [0.25, 0.3) is 0 Å². The molecule has 82 valence electrons. The molecule has 3 heterocycles. The maximum Gasteiger partial charge on any atom is 0.159 e. The molecule has 1 aliphatic heterocycles. The molecule has 16 heavy (non-hydrogen) atoms. The molecule has 2 aromatic rings. The molecule has 3 rings (SSSR count). The third kappa shape index (κ3) is 1.48. The predicted octanol–water partition coefficient (Wildman–Crippen LogP) is 2.40. The van der Waals surface area contributed by atoms with Crippen molar-refractivity contribution in [2.75, 3.05) is 13.1 Å². The van der Waals surface area contributed by atoms with Crippen LogP contribution < -0.4 is 0 Å². The first-order valence-corrected chi connectivity index (χ1v) is 5.80. The van der Waals surface area contributed by atoms with Crippen LogP contribution in [0.3, 0.4) is 0 Å². The second-order valence-electron chi connectivity index (χ2n) is 4.34. The summed E-state index contributed by atoms with van der Waals surface area (Å²) >= 11 is 0. The normalized spacial score (nSPS) is 18.3. The van der Waals surface area contributed by atoms with Gasteiger partial charge in [0.05, 0.1) is 0 Å². The number of nitrogens with zero attached hydrogens (tertiary/aromatic N) is 3. The van der Waals surface area contributed by atoms with Gasteiger partial charge in [-0.05, 0) is 50.2 Å². The monoisotopic (exact) mass is 213 g/mol. The van der Waals surface area contributed by atoms with E-state index in [1.165, 1.54) is 30.5 Å². The van der Waals surface area contributed by atoms with Gasteiger partial charge in [-0.25, -0.2) is 9.97 Å². The first-order valence-electron chi connectivity index (χ1n) is 5.80. The molecule has 0 N–H and O–H groups in total. The second kappa shape index (κ2) is 3.83. The lowest BCUT2D eigenvalue weighted by Gasteiger charge is -2.37. The average molecular weight is 213 g/mol. The van der Waals surface area contributed by atoms with E-state index in [1.807, 2.05) is 12.3 Å². The van der Waals surface area contributed by atoms with E-state index in [9.17, 15) is 0 Å². The minimum atomic E-state index is 0.475. The Kier molecular flexibility index (Phi) is 2.33. The fourth-order valence-electron chi connectivity index (χ4n) is 2.29. The van der Waals surface area contributed by atoms with Crippen LogP contribution in [0.1, 0.15) is 24.9 Å². The minimum Gasteiger partial charge on any atom is -0.296 e. The Balaban J connectivity index is 2.08. The second-order valence-corrected chi connectivity index (χ2v) is 4.34. The zero-order chi connectivity index (χ0) is 11.0. The van der Waals surface area contributed by atoms with Gasteiger partial charge in [0, 0.05) is 23.8 Å². The molecule has 1 aliphatic rings. The number of aromatic nitrogens is 2. The van der Waals surface area contributed by atoms with Crippen LogP contribution in [0.4, 0.5) is 0 Å². The number of rotatable bonds is 2. The van der Waals surface area contributed by atoms with E-state index < -0.39 is 0 Å². The number of hydrogen-bond donors (Lipinski definition) is 0. The van der Waals surface area contributed by atoms with Gasteiger partial charge < -0.3 is 0 Å². The van der Waals surface area contributed by atoms with Crippen LogP contribution in [0, 0.1) is 0 Å². The highest BCUT2D eigenvalue weighted by atomic mass is 15.2. The van der Waals surface area contributed by atoms with Crippen LogP contribution in [-0.2, 0) is 0 Å². The fourth-order valence-corrected chi connectivity index (χ4v) is 2.29. The van der Waals surface area contributed by atoms with Crippen LogP contribution in [0.25, 0.3) is 11.0 Å². The highest BCUT2D eigenvalue weighted by Gasteiger charge is 2.22. The lowest BCUT2D eigenvalue weighted by atomic mass is 10.0. The third-order valence-electron chi connectivity index (χ3n) is 3.44. The zero-order valence-electron chi connectivity index (χ0n) is 9.43. The van der Waals surface area contributed by atoms with Crippen molar-refractivity contribution < 1.29 is 0 Å². The summed E-state index contributed by atoms with van der Waals surface area (Å²) in [5.74, 6) is 0. The summed E-state index contributed by atoms with van der Waals surface area (Å²) in [4.78, 5) is 11.1. The molecule has 3 heteroatoms. The number of likely N-dealkylation sites (tertiary alicyclic amines) is 1. The van der Waals surface area contributed by atoms with Gasteiger partial charge in [-0.2, -0.15) is 0 Å². The summed E-state index contributed by atoms with van der Waals surface area (Å²) in [6.45, 7) is 4.69. The molecule has 0 aromatic carbocycles. The van der Waals surface area contributed by atoms with Gasteiger partial charge in [-0.1, -0.05) is 0 Å². The Morgan fingerprint density at radius 3 is 2.75 bits per heavy atom. The standard InChI is InChI=1S/C13H15N3/c1-10(16-8-3-9-16)11-5-7-15-13-12(11)4-2-6-14-13/h2,4-7,10H,3,8-9H2,1H3/t10-/m1/s1. The van der Waals surface area contributed by atoms with Crippen LogP contribution in [-0.4, -0.2) is 28.0 Å². The summed E-state index contributed by atoms with van der Waals surface area (Å²) in [5, 5.41) is 1.18. The summed E-state index contributed by atoms with van der Waals surface area (Å²) in [6.07, 6.45) is 4.99. The molecule has 0 bridgehead atoms. The van der Waals surface area contributed by atoms with Crippen LogP contribution >= 0.6 is 0 Å². The van der Waals surface area contributed by atoms with Gasteiger partial charge in [0.1, 0.15) is 0 Å². The van der Waals surface area contributed by atoms with Crippen molar-refractivity contribution >= 4 is 11.0 Å². The largest absolute Gasteiger partial charge is 0.296 e. The van der Waals surface area contributed by atoms with Gasteiger partial charge >= 0.3 is 0 Å². The molecule has 0 aliphatic carbocycles. The average Bonchev–Trinajstić information content (AvgIpc) is 2.26. The SMILES string of the molecule is C[C@H](c1ccnc2ncccc12)N1CCC1. The lowest BCUT2D eigenvalue weighted by Crippen LogP contribution is -2.39. The van der Waals surface area contributed by atoms with Crippen molar-refractivity contribution in [1.29, 1.82) is 0 Å². The van der Waals surface area contributed by atoms with E-state index >= 15 is 0 Å². The lowest BCUT2D eigenvalue weighted by molar-refractivity contribution is 0.129. The Labute approximate surface area is 95.1 Å². The number of fused-ring (bicyclic) bond motifs is 1. The molecule has 3 nitrogen and oxygen atoms in total. The van der Waals surface area contributed by atoms with Gasteiger partial charge in [-0.3, -0.25) is 4.90 Å². The van der Waals surface area contributed by atoms with E-state index in [4.69, 9.17) is 0 Å². The molecule has 0 radical (unpaired) electrons. The smallest absolute Gasteiger partial charge is 0.159 e. The molecule has 1 saturated heterocycles. The summed E-state index contributed by atoms with van der Waals surface area (Å²) < 4.78 is 0. The zero-order valence-corrected chi connectivity index (χ0v) is 9.43. The van der Waals surface area contributed by atoms with E-state index in [2.05, 4.69) is 33.9 Å². The van der Waals surface area contributed by atoms with E-state index in [-0.39, 0.29) is 0 Å². The van der Waals surface area contributed by atoms with E-state index in [0.29, 0.717) is 6.04 Å².